The number of carbonyl (C=O) groups is 1. The number of carbonyl (C=O) groups excluding carboxylic acids is 1. The molecule has 0 atom stereocenters. The maximum atomic E-state index is 12.8. The Morgan fingerprint density at radius 2 is 1.85 bits per heavy atom. The van der Waals surface area contributed by atoms with Crippen molar-refractivity contribution in [2.24, 2.45) is 0 Å². The van der Waals surface area contributed by atoms with Crippen LogP contribution in [0.4, 0.5) is 5.69 Å². The minimum Gasteiger partial charge on any atom is -0.496 e. The summed E-state index contributed by atoms with van der Waals surface area (Å²) in [5, 5.41) is 3.36. The molecule has 6 nitrogen and oxygen atoms in total. The second kappa shape index (κ2) is 7.88. The Hall–Kier alpha value is -2.09. The summed E-state index contributed by atoms with van der Waals surface area (Å²) in [7, 11) is -2.19. The van der Waals surface area contributed by atoms with Gasteiger partial charge in [-0.25, -0.2) is 8.42 Å². The number of hydrogen-bond donors (Lipinski definition) is 1. The highest BCUT2D eigenvalue weighted by Gasteiger charge is 2.28. The highest BCUT2D eigenvalue weighted by atomic mass is 35.5. The van der Waals surface area contributed by atoms with E-state index in [1.54, 1.807) is 18.2 Å². The summed E-state index contributed by atoms with van der Waals surface area (Å²) >= 11 is 5.95. The molecule has 2 aromatic carbocycles. The lowest BCUT2D eigenvalue weighted by molar-refractivity contribution is 0.102. The van der Waals surface area contributed by atoms with Crippen LogP contribution in [0.5, 0.6) is 5.75 Å². The van der Waals surface area contributed by atoms with Crippen molar-refractivity contribution in [1.82, 2.24) is 4.31 Å². The molecule has 0 spiro atoms. The lowest BCUT2D eigenvalue weighted by atomic mass is 10.1. The molecule has 1 fully saturated rings. The van der Waals surface area contributed by atoms with E-state index >= 15 is 0 Å². The van der Waals surface area contributed by atoms with Crippen LogP contribution in [-0.4, -0.2) is 38.8 Å². The largest absolute Gasteiger partial charge is 0.496 e. The summed E-state index contributed by atoms with van der Waals surface area (Å²) in [6.07, 6.45) is 1.69. The summed E-state index contributed by atoms with van der Waals surface area (Å²) < 4.78 is 32.3. The van der Waals surface area contributed by atoms with Crippen LogP contribution in [0.2, 0.25) is 5.02 Å². The lowest BCUT2D eigenvalue weighted by Crippen LogP contribution is -2.28. The number of nitrogens with one attached hydrogen (secondary N) is 1. The van der Waals surface area contributed by atoms with Gasteiger partial charge in [0, 0.05) is 23.8 Å². The molecular formula is C19H21ClN2O4S. The first kappa shape index (κ1) is 19.7. The number of rotatable bonds is 5. The van der Waals surface area contributed by atoms with Gasteiger partial charge < -0.3 is 10.1 Å². The van der Waals surface area contributed by atoms with Crippen molar-refractivity contribution in [3.8, 4) is 5.75 Å². The molecule has 0 aliphatic carbocycles. The van der Waals surface area contributed by atoms with Crippen molar-refractivity contribution < 1.29 is 17.9 Å². The first-order valence-corrected chi connectivity index (χ1v) is 10.4. The number of aryl methyl sites for hydroxylation is 1. The number of halogens is 1. The van der Waals surface area contributed by atoms with Crippen LogP contribution >= 0.6 is 11.6 Å². The van der Waals surface area contributed by atoms with Crippen LogP contribution < -0.4 is 10.1 Å². The summed E-state index contributed by atoms with van der Waals surface area (Å²) in [4.78, 5) is 12.9. The molecule has 1 heterocycles. The van der Waals surface area contributed by atoms with E-state index in [-0.39, 0.29) is 10.5 Å². The zero-order valence-corrected chi connectivity index (χ0v) is 16.7. The van der Waals surface area contributed by atoms with E-state index in [1.165, 1.54) is 29.6 Å². The van der Waals surface area contributed by atoms with Gasteiger partial charge in [0.25, 0.3) is 5.91 Å². The Labute approximate surface area is 164 Å². The van der Waals surface area contributed by atoms with E-state index < -0.39 is 15.9 Å². The van der Waals surface area contributed by atoms with Crippen molar-refractivity contribution in [3.63, 3.8) is 0 Å². The Kier molecular flexibility index (Phi) is 5.74. The fraction of sp³-hybridized carbons (Fsp3) is 0.316. The number of ether oxygens (including phenoxy) is 1. The van der Waals surface area contributed by atoms with Gasteiger partial charge >= 0.3 is 0 Å². The number of nitrogens with zero attached hydrogens (tertiary/aromatic N) is 1. The van der Waals surface area contributed by atoms with E-state index in [9.17, 15) is 13.2 Å². The number of methoxy groups -OCH3 is 1. The molecule has 1 saturated heterocycles. The summed E-state index contributed by atoms with van der Waals surface area (Å²) in [5.74, 6) is -0.143. The van der Waals surface area contributed by atoms with Crippen molar-refractivity contribution >= 4 is 33.2 Å². The second-order valence-electron chi connectivity index (χ2n) is 6.39. The third kappa shape index (κ3) is 4.10. The molecule has 1 aliphatic rings. The topological polar surface area (TPSA) is 75.7 Å². The molecule has 0 bridgehead atoms. The van der Waals surface area contributed by atoms with Gasteiger partial charge in [-0.15, -0.1) is 0 Å². The van der Waals surface area contributed by atoms with Gasteiger partial charge in [-0.05, 0) is 61.7 Å². The van der Waals surface area contributed by atoms with Crippen molar-refractivity contribution in [2.45, 2.75) is 24.7 Å². The third-order valence-electron chi connectivity index (χ3n) is 4.56. The minimum absolute atomic E-state index is 0.0863. The molecular weight excluding hydrogens is 388 g/mol. The predicted molar refractivity (Wildman–Crippen MR) is 105 cm³/mol. The molecule has 1 amide bonds. The maximum absolute atomic E-state index is 12.8. The first-order chi connectivity index (χ1) is 12.8. The SMILES string of the molecule is COc1ccc(S(=O)(=O)N2CCCC2)cc1C(=O)Nc1ccc(Cl)cc1C. The summed E-state index contributed by atoms with van der Waals surface area (Å²) in [6, 6.07) is 9.46. The second-order valence-corrected chi connectivity index (χ2v) is 8.76. The quantitative estimate of drug-likeness (QED) is 0.818. The highest BCUT2D eigenvalue weighted by Crippen LogP contribution is 2.28. The Morgan fingerprint density at radius 3 is 2.48 bits per heavy atom. The van der Waals surface area contributed by atoms with Crippen LogP contribution in [0, 0.1) is 6.92 Å². The van der Waals surface area contributed by atoms with E-state index in [0.29, 0.717) is 29.5 Å². The molecule has 0 unspecified atom stereocenters. The van der Waals surface area contributed by atoms with E-state index in [1.807, 2.05) is 6.92 Å². The Balaban J connectivity index is 1.94. The van der Waals surface area contributed by atoms with Crippen molar-refractivity contribution in [3.05, 3.63) is 52.5 Å². The lowest BCUT2D eigenvalue weighted by Gasteiger charge is -2.17. The third-order valence-corrected chi connectivity index (χ3v) is 6.68. The maximum Gasteiger partial charge on any atom is 0.259 e. The van der Waals surface area contributed by atoms with E-state index in [4.69, 9.17) is 16.3 Å². The molecule has 3 rings (SSSR count). The smallest absolute Gasteiger partial charge is 0.259 e. The minimum atomic E-state index is -3.63. The van der Waals surface area contributed by atoms with Gasteiger partial charge in [0.2, 0.25) is 10.0 Å². The fourth-order valence-corrected chi connectivity index (χ4v) is 4.83. The highest BCUT2D eigenvalue weighted by molar-refractivity contribution is 7.89. The van der Waals surface area contributed by atoms with Gasteiger partial charge in [-0.1, -0.05) is 11.6 Å². The van der Waals surface area contributed by atoms with Gasteiger partial charge in [0.05, 0.1) is 17.6 Å². The molecule has 2 aromatic rings. The van der Waals surface area contributed by atoms with Gasteiger partial charge in [-0.3, -0.25) is 4.79 Å². The molecule has 144 valence electrons. The Bertz CT molecular complexity index is 970. The Morgan fingerprint density at radius 1 is 1.15 bits per heavy atom. The standard InChI is InChI=1S/C19H21ClN2O4S/c1-13-11-14(20)5-7-17(13)21-19(23)16-12-15(6-8-18(16)26-2)27(24,25)22-9-3-4-10-22/h5-8,11-12H,3-4,9-10H2,1-2H3,(H,21,23). The van der Waals surface area contributed by atoms with Crippen LogP contribution in [0.15, 0.2) is 41.3 Å². The molecule has 0 radical (unpaired) electrons. The fourth-order valence-electron chi connectivity index (χ4n) is 3.06. The first-order valence-electron chi connectivity index (χ1n) is 8.58. The van der Waals surface area contributed by atoms with Crippen LogP contribution in [0.3, 0.4) is 0 Å². The van der Waals surface area contributed by atoms with Crippen LogP contribution in [-0.2, 0) is 10.0 Å². The predicted octanol–water partition coefficient (Wildman–Crippen LogP) is 3.69. The van der Waals surface area contributed by atoms with Gasteiger partial charge in [-0.2, -0.15) is 4.31 Å². The van der Waals surface area contributed by atoms with Gasteiger partial charge in [0.15, 0.2) is 0 Å². The monoisotopic (exact) mass is 408 g/mol. The van der Waals surface area contributed by atoms with Crippen LogP contribution in [0.25, 0.3) is 0 Å². The van der Waals surface area contributed by atoms with Crippen LogP contribution in [0.1, 0.15) is 28.8 Å². The molecule has 0 saturated carbocycles. The molecule has 1 aliphatic heterocycles. The number of amides is 1. The molecule has 27 heavy (non-hydrogen) atoms. The number of benzene rings is 2. The molecule has 0 aromatic heterocycles. The number of hydrogen-bond acceptors (Lipinski definition) is 4. The zero-order chi connectivity index (χ0) is 19.6. The zero-order valence-electron chi connectivity index (χ0n) is 15.2. The van der Waals surface area contributed by atoms with Crippen molar-refractivity contribution in [1.29, 1.82) is 0 Å². The average molecular weight is 409 g/mol. The summed E-state index contributed by atoms with van der Waals surface area (Å²) in [6.45, 7) is 2.83. The van der Waals surface area contributed by atoms with Crippen molar-refractivity contribution in [2.75, 3.05) is 25.5 Å². The average Bonchev–Trinajstić information content (AvgIpc) is 3.19. The number of anilines is 1. The normalized spacial score (nSPS) is 14.9. The summed E-state index contributed by atoms with van der Waals surface area (Å²) in [5.41, 5.74) is 1.56. The molecule has 1 N–H and O–H groups in total. The van der Waals surface area contributed by atoms with E-state index in [2.05, 4.69) is 5.32 Å². The van der Waals surface area contributed by atoms with E-state index in [0.717, 1.165) is 18.4 Å². The number of sulfonamides is 1. The molecule has 8 heteroatoms. The van der Waals surface area contributed by atoms with Gasteiger partial charge in [0.1, 0.15) is 5.75 Å².